The minimum absolute atomic E-state index is 0.0769. The van der Waals surface area contributed by atoms with Crippen LogP contribution in [0.1, 0.15) is 37.4 Å². The number of nitrogen functional groups attached to an aromatic ring is 1. The highest BCUT2D eigenvalue weighted by molar-refractivity contribution is 7.85. The zero-order valence-corrected chi connectivity index (χ0v) is 29.1. The number of phenols is 1. The van der Waals surface area contributed by atoms with Crippen molar-refractivity contribution in [3.05, 3.63) is 90.8 Å². The van der Waals surface area contributed by atoms with E-state index in [9.17, 15) is 28.5 Å². The van der Waals surface area contributed by atoms with Gasteiger partial charge in [0.15, 0.2) is 23.5 Å². The largest absolute Gasteiger partial charge is 0.507 e. The van der Waals surface area contributed by atoms with Crippen molar-refractivity contribution in [2.24, 2.45) is 0 Å². The van der Waals surface area contributed by atoms with Crippen molar-refractivity contribution in [3.63, 3.8) is 0 Å². The molecule has 0 saturated carbocycles. The summed E-state index contributed by atoms with van der Waals surface area (Å²) in [6, 6.07) is 22.6. The normalized spacial score (nSPS) is 18.8. The summed E-state index contributed by atoms with van der Waals surface area (Å²) < 4.78 is 38.5. The van der Waals surface area contributed by atoms with E-state index in [4.69, 9.17) is 14.7 Å². The average molecular weight is 720 g/mol. The lowest BCUT2D eigenvalue weighted by atomic mass is 10.0. The summed E-state index contributed by atoms with van der Waals surface area (Å²) in [7, 11) is -4.69. The molecule has 51 heavy (non-hydrogen) atoms. The summed E-state index contributed by atoms with van der Waals surface area (Å²) in [5, 5.41) is 31.3. The van der Waals surface area contributed by atoms with Gasteiger partial charge in [-0.05, 0) is 49.0 Å². The minimum Gasteiger partial charge on any atom is -0.507 e. The SMILES string of the molecule is CCN(CC)CC.Nc1nc(-c2cccc(-c3ccccc3)c2)nc2c1ncn2[C@@H]1O[C@H](COS(=O)(=O)NC(=O)c2ccccc2O)[C@@H](O)[C@H]1O. The topological polar surface area (TPSA) is 215 Å². The zero-order valence-electron chi connectivity index (χ0n) is 28.3. The Morgan fingerprint density at radius 2 is 1.57 bits per heavy atom. The molecular weight excluding hydrogens is 678 g/mol. The van der Waals surface area contributed by atoms with Crippen LogP contribution in [0.15, 0.2) is 85.2 Å². The molecule has 0 spiro atoms. The van der Waals surface area contributed by atoms with Gasteiger partial charge in [-0.1, -0.05) is 81.4 Å². The maximum Gasteiger partial charge on any atom is 0.362 e. The van der Waals surface area contributed by atoms with Gasteiger partial charge in [0.2, 0.25) is 0 Å². The van der Waals surface area contributed by atoms with Gasteiger partial charge in [-0.25, -0.2) is 19.7 Å². The van der Waals surface area contributed by atoms with Crippen LogP contribution in [0.25, 0.3) is 33.7 Å². The number of anilines is 1. The lowest BCUT2D eigenvalue weighted by Gasteiger charge is -2.17. The highest BCUT2D eigenvalue weighted by Gasteiger charge is 2.45. The molecule has 1 aliphatic rings. The molecule has 6 rings (SSSR count). The fourth-order valence-corrected chi connectivity index (χ4v) is 6.22. The first kappa shape index (κ1) is 37.3. The van der Waals surface area contributed by atoms with E-state index < -0.39 is 53.1 Å². The lowest BCUT2D eigenvalue weighted by Crippen LogP contribution is -2.37. The van der Waals surface area contributed by atoms with Gasteiger partial charge >= 0.3 is 10.3 Å². The zero-order chi connectivity index (χ0) is 36.7. The van der Waals surface area contributed by atoms with E-state index in [0.717, 1.165) is 11.1 Å². The Hall–Kier alpha value is -4.97. The van der Waals surface area contributed by atoms with E-state index in [1.165, 1.54) is 54.8 Å². The standard InChI is InChI=1S/C29H26N6O8S.C6H15N/c30-25-22-27(33-26(32-25)18-10-6-9-17(13-18)16-7-2-1-3-8-16)35(15-31-22)29-24(38)23(37)21(43-29)14-42-44(40,41)34-28(39)19-11-4-5-12-20(19)36;1-4-7(5-2)6-3/h1-13,15,21,23-24,29,36-38H,14H2,(H,34,39)(H2,30,32,33);4-6H2,1-3H3/t21-,23-,24-,29-;/m1./s1. The monoisotopic (exact) mass is 719 g/mol. The lowest BCUT2D eigenvalue weighted by molar-refractivity contribution is -0.0468. The highest BCUT2D eigenvalue weighted by atomic mass is 32.2. The quantitative estimate of drug-likeness (QED) is 0.133. The van der Waals surface area contributed by atoms with Crippen LogP contribution in [0, 0.1) is 0 Å². The summed E-state index contributed by atoms with van der Waals surface area (Å²) in [4.78, 5) is 27.9. The Bertz CT molecular complexity index is 2050. The number of carbonyl (C=O) groups excluding carboxylic acids is 1. The van der Waals surface area contributed by atoms with Gasteiger partial charge in [0, 0.05) is 5.56 Å². The molecule has 0 aliphatic carbocycles. The first-order valence-corrected chi connectivity index (χ1v) is 17.8. The van der Waals surface area contributed by atoms with Crippen LogP contribution in [0.5, 0.6) is 5.75 Å². The van der Waals surface area contributed by atoms with Crippen molar-refractivity contribution >= 4 is 33.2 Å². The van der Waals surface area contributed by atoms with E-state index in [1.54, 1.807) is 4.72 Å². The first-order chi connectivity index (χ1) is 24.5. The second-order valence-electron chi connectivity index (χ2n) is 11.6. The number of para-hydroxylation sites is 1. The van der Waals surface area contributed by atoms with Crippen molar-refractivity contribution in [1.29, 1.82) is 0 Å². The Balaban J connectivity index is 0.000000654. The number of aliphatic hydroxyl groups is 2. The summed E-state index contributed by atoms with van der Waals surface area (Å²) >= 11 is 0. The van der Waals surface area contributed by atoms with Crippen molar-refractivity contribution in [1.82, 2.24) is 29.1 Å². The smallest absolute Gasteiger partial charge is 0.362 e. The second kappa shape index (κ2) is 16.4. The van der Waals surface area contributed by atoms with Crippen LogP contribution >= 0.6 is 0 Å². The van der Waals surface area contributed by atoms with Crippen LogP contribution in [-0.2, 0) is 19.2 Å². The summed E-state index contributed by atoms with van der Waals surface area (Å²) in [5.74, 6) is -1.19. The van der Waals surface area contributed by atoms with E-state index >= 15 is 0 Å². The van der Waals surface area contributed by atoms with Crippen molar-refractivity contribution in [2.45, 2.75) is 45.3 Å². The van der Waals surface area contributed by atoms with Crippen LogP contribution in [-0.4, -0.2) is 98.6 Å². The number of imidazole rings is 1. The Kier molecular flexibility index (Phi) is 12.0. The molecule has 16 heteroatoms. The number of aromatic hydroxyl groups is 1. The molecule has 1 aliphatic heterocycles. The maximum atomic E-state index is 12.4. The molecule has 1 saturated heterocycles. The van der Waals surface area contributed by atoms with Crippen molar-refractivity contribution < 1.29 is 37.5 Å². The molecule has 0 bridgehead atoms. The fraction of sp³-hybridized carbons (Fsp3) is 0.314. The number of amides is 1. The van der Waals surface area contributed by atoms with Gasteiger partial charge in [-0.3, -0.25) is 13.5 Å². The first-order valence-electron chi connectivity index (χ1n) is 16.4. The molecule has 2 aromatic heterocycles. The van der Waals surface area contributed by atoms with Crippen LogP contribution < -0.4 is 10.5 Å². The molecule has 0 unspecified atom stereocenters. The van der Waals surface area contributed by atoms with Crippen molar-refractivity contribution in [2.75, 3.05) is 32.0 Å². The van der Waals surface area contributed by atoms with E-state index in [0.29, 0.717) is 5.56 Å². The average Bonchev–Trinajstić information content (AvgIpc) is 3.68. The number of benzene rings is 3. The number of aromatic nitrogens is 4. The summed E-state index contributed by atoms with van der Waals surface area (Å²) in [5.41, 5.74) is 8.97. The van der Waals surface area contributed by atoms with E-state index in [1.807, 2.05) is 54.6 Å². The fourth-order valence-electron chi connectivity index (χ4n) is 5.51. The predicted molar refractivity (Wildman–Crippen MR) is 190 cm³/mol. The predicted octanol–water partition coefficient (Wildman–Crippen LogP) is 3.11. The number of carbonyl (C=O) groups is 1. The molecule has 15 nitrogen and oxygen atoms in total. The number of hydrogen-bond acceptors (Lipinski definition) is 13. The highest BCUT2D eigenvalue weighted by Crippen LogP contribution is 2.34. The van der Waals surface area contributed by atoms with Gasteiger partial charge in [0.1, 0.15) is 29.6 Å². The van der Waals surface area contributed by atoms with Gasteiger partial charge in [-0.2, -0.15) is 8.42 Å². The third-order valence-electron chi connectivity index (χ3n) is 8.38. The maximum absolute atomic E-state index is 12.4. The van der Waals surface area contributed by atoms with Crippen LogP contribution in [0.3, 0.4) is 0 Å². The third-order valence-corrected chi connectivity index (χ3v) is 9.26. The molecule has 1 fully saturated rings. The van der Waals surface area contributed by atoms with Gasteiger partial charge in [0.05, 0.1) is 18.5 Å². The second-order valence-corrected chi connectivity index (χ2v) is 12.9. The molecule has 3 heterocycles. The molecule has 1 amide bonds. The Morgan fingerprint density at radius 3 is 2.24 bits per heavy atom. The Labute approximate surface area is 295 Å². The molecule has 0 radical (unpaired) electrons. The minimum atomic E-state index is -4.69. The van der Waals surface area contributed by atoms with Crippen LogP contribution in [0.4, 0.5) is 5.82 Å². The van der Waals surface area contributed by atoms with E-state index in [-0.39, 0.29) is 28.4 Å². The number of nitrogens with two attached hydrogens (primary N) is 1. The number of nitrogens with one attached hydrogen (secondary N) is 1. The number of rotatable bonds is 11. The molecule has 6 N–H and O–H groups in total. The molecule has 4 atom stereocenters. The van der Waals surface area contributed by atoms with Gasteiger partial charge < -0.3 is 30.7 Å². The number of nitrogens with zero attached hydrogens (tertiary/aromatic N) is 5. The molecule has 3 aromatic carbocycles. The van der Waals surface area contributed by atoms with Gasteiger partial charge in [-0.15, -0.1) is 0 Å². The van der Waals surface area contributed by atoms with Crippen molar-refractivity contribution in [3.8, 4) is 28.3 Å². The van der Waals surface area contributed by atoms with E-state index in [2.05, 4.69) is 40.6 Å². The molecular formula is C35H41N7O8S. The number of fused-ring (bicyclic) bond motifs is 1. The molecule has 5 aromatic rings. The molecule has 270 valence electrons. The summed E-state index contributed by atoms with van der Waals surface area (Å²) in [6.07, 6.45) is -4.39. The Morgan fingerprint density at radius 1 is 0.922 bits per heavy atom. The number of ether oxygens (including phenoxy) is 1. The number of phenolic OH excluding ortho intramolecular Hbond substituents is 1. The number of aliphatic hydroxyl groups excluding tert-OH is 2. The summed E-state index contributed by atoms with van der Waals surface area (Å²) in [6.45, 7) is 9.37. The van der Waals surface area contributed by atoms with Gasteiger partial charge in [0.25, 0.3) is 5.91 Å². The number of hydrogen-bond donors (Lipinski definition) is 5. The third kappa shape index (κ3) is 8.68. The van der Waals surface area contributed by atoms with Crippen LogP contribution in [0.2, 0.25) is 0 Å².